The highest BCUT2D eigenvalue weighted by atomic mass is 35.5. The third-order valence-electron chi connectivity index (χ3n) is 6.53. The first-order valence-electron chi connectivity index (χ1n) is 12.4. The van der Waals surface area contributed by atoms with E-state index in [0.717, 1.165) is 16.9 Å². The maximum absolute atomic E-state index is 11.5. The third-order valence-corrected chi connectivity index (χ3v) is 7.06. The number of imidazole rings is 1. The van der Waals surface area contributed by atoms with Gasteiger partial charge in [-0.15, -0.1) is 0 Å². The molecular formula is C28H23Cl2N5O5. The van der Waals surface area contributed by atoms with E-state index in [0.29, 0.717) is 59.2 Å². The molecule has 10 nitrogen and oxygen atoms in total. The standard InChI is InChI=1S/C28H23Cl2N5O5/c29-18-2-4-26(23(30)10-18)38-16-19-11-20(5-7-31-19)39-22-12-34(13-22)15-27-33-24-3-1-17(28(36)37)9-25(24)35(27)14-21-6-8-32-40-21/h1-11,22H,12-16H2,(H,36,37). The summed E-state index contributed by atoms with van der Waals surface area (Å²) in [5, 5.41) is 14.2. The second kappa shape index (κ2) is 11.2. The van der Waals surface area contributed by atoms with E-state index in [-0.39, 0.29) is 18.3 Å². The summed E-state index contributed by atoms with van der Waals surface area (Å²) in [7, 11) is 0. The van der Waals surface area contributed by atoms with Crippen LogP contribution in [0.3, 0.4) is 0 Å². The number of hydrogen-bond donors (Lipinski definition) is 1. The Morgan fingerprint density at radius 2 is 1.93 bits per heavy atom. The van der Waals surface area contributed by atoms with E-state index in [1.54, 1.807) is 54.9 Å². The molecule has 1 saturated heterocycles. The number of pyridine rings is 1. The highest BCUT2D eigenvalue weighted by molar-refractivity contribution is 6.35. The summed E-state index contributed by atoms with van der Waals surface area (Å²) in [6, 6.07) is 15.4. The van der Waals surface area contributed by atoms with E-state index in [9.17, 15) is 9.90 Å². The molecule has 12 heteroatoms. The molecule has 0 saturated carbocycles. The van der Waals surface area contributed by atoms with Crippen LogP contribution >= 0.6 is 23.2 Å². The number of carboxylic acids is 1. The van der Waals surface area contributed by atoms with Crippen molar-refractivity contribution in [2.45, 2.75) is 25.8 Å². The number of aromatic nitrogens is 4. The first-order valence-corrected chi connectivity index (χ1v) is 13.2. The molecule has 4 heterocycles. The molecule has 0 aliphatic carbocycles. The number of carbonyl (C=O) groups is 1. The van der Waals surface area contributed by atoms with E-state index >= 15 is 0 Å². The topological polar surface area (TPSA) is 116 Å². The Hall–Kier alpha value is -4.12. The van der Waals surface area contributed by atoms with Gasteiger partial charge in [-0.25, -0.2) is 9.78 Å². The lowest BCUT2D eigenvalue weighted by molar-refractivity contribution is 0.0123. The van der Waals surface area contributed by atoms with Gasteiger partial charge in [0.15, 0.2) is 5.76 Å². The number of halogens is 2. The molecule has 0 radical (unpaired) electrons. The smallest absolute Gasteiger partial charge is 0.335 e. The predicted octanol–water partition coefficient (Wildman–Crippen LogP) is 5.31. The lowest BCUT2D eigenvalue weighted by Gasteiger charge is -2.38. The summed E-state index contributed by atoms with van der Waals surface area (Å²) >= 11 is 12.1. The zero-order valence-electron chi connectivity index (χ0n) is 21.0. The first-order chi connectivity index (χ1) is 19.4. The van der Waals surface area contributed by atoms with Gasteiger partial charge in [0.25, 0.3) is 0 Å². The quantitative estimate of drug-likeness (QED) is 0.235. The van der Waals surface area contributed by atoms with Crippen LogP contribution < -0.4 is 9.47 Å². The largest absolute Gasteiger partial charge is 0.488 e. The Balaban J connectivity index is 1.09. The van der Waals surface area contributed by atoms with Crippen LogP contribution in [0.1, 0.15) is 27.6 Å². The van der Waals surface area contributed by atoms with Crippen LogP contribution in [0.2, 0.25) is 10.0 Å². The number of ether oxygens (including phenoxy) is 2. The van der Waals surface area contributed by atoms with Crippen molar-refractivity contribution < 1.29 is 23.9 Å². The summed E-state index contributed by atoms with van der Waals surface area (Å²) in [6.07, 6.45) is 3.27. The summed E-state index contributed by atoms with van der Waals surface area (Å²) in [5.41, 5.74) is 2.36. The van der Waals surface area contributed by atoms with E-state index in [1.165, 1.54) is 0 Å². The monoisotopic (exact) mass is 579 g/mol. The van der Waals surface area contributed by atoms with Crippen molar-refractivity contribution >= 4 is 40.2 Å². The van der Waals surface area contributed by atoms with Crippen LogP contribution in [0, 0.1) is 0 Å². The van der Waals surface area contributed by atoms with Crippen molar-refractivity contribution in [3.63, 3.8) is 0 Å². The molecule has 3 aromatic heterocycles. The fourth-order valence-corrected chi connectivity index (χ4v) is 5.02. The number of nitrogens with zero attached hydrogens (tertiary/aromatic N) is 5. The average Bonchev–Trinajstić information content (AvgIpc) is 3.55. The molecule has 0 spiro atoms. The lowest BCUT2D eigenvalue weighted by atomic mass is 10.1. The summed E-state index contributed by atoms with van der Waals surface area (Å²) < 4.78 is 19.2. The Bertz CT molecular complexity index is 1670. The van der Waals surface area contributed by atoms with Crippen molar-refractivity contribution in [3.05, 3.63) is 99.9 Å². The van der Waals surface area contributed by atoms with E-state index < -0.39 is 5.97 Å². The third kappa shape index (κ3) is 5.74. The van der Waals surface area contributed by atoms with Crippen LogP contribution in [0.5, 0.6) is 11.5 Å². The Morgan fingerprint density at radius 3 is 2.70 bits per heavy atom. The zero-order chi connectivity index (χ0) is 27.6. The molecule has 6 rings (SSSR count). The van der Waals surface area contributed by atoms with E-state index in [4.69, 9.17) is 42.2 Å². The Labute approximate surface area is 238 Å². The second-order valence-corrected chi connectivity index (χ2v) is 10.2. The Morgan fingerprint density at radius 1 is 1.05 bits per heavy atom. The summed E-state index contributed by atoms with van der Waals surface area (Å²) in [6.45, 7) is 2.62. The average molecular weight is 580 g/mol. The summed E-state index contributed by atoms with van der Waals surface area (Å²) in [5.74, 6) is 1.71. The number of benzene rings is 2. The number of likely N-dealkylation sites (tertiary alicyclic amines) is 1. The van der Waals surface area contributed by atoms with Gasteiger partial charge in [-0.2, -0.15) is 0 Å². The molecule has 40 heavy (non-hydrogen) atoms. The minimum absolute atomic E-state index is 0.00703. The molecule has 5 aromatic rings. The van der Waals surface area contributed by atoms with Gasteiger partial charge in [0, 0.05) is 36.4 Å². The zero-order valence-corrected chi connectivity index (χ0v) is 22.5. The minimum Gasteiger partial charge on any atom is -0.488 e. The molecule has 0 unspecified atom stereocenters. The molecule has 0 amide bonds. The molecule has 1 aliphatic rings. The van der Waals surface area contributed by atoms with Crippen molar-refractivity contribution in [2.24, 2.45) is 0 Å². The van der Waals surface area contributed by atoms with E-state index in [1.807, 2.05) is 16.7 Å². The van der Waals surface area contributed by atoms with Crippen molar-refractivity contribution in [3.8, 4) is 11.5 Å². The van der Waals surface area contributed by atoms with Crippen molar-refractivity contribution in [1.29, 1.82) is 0 Å². The fraction of sp³-hybridized carbons (Fsp3) is 0.214. The highest BCUT2D eigenvalue weighted by Gasteiger charge is 2.30. The molecule has 204 valence electrons. The van der Waals surface area contributed by atoms with Crippen LogP contribution in [0.15, 0.2) is 71.5 Å². The number of fused-ring (bicyclic) bond motifs is 1. The van der Waals surface area contributed by atoms with Gasteiger partial charge in [-0.3, -0.25) is 9.88 Å². The minimum atomic E-state index is -0.988. The maximum atomic E-state index is 11.5. The molecule has 1 fully saturated rings. The highest BCUT2D eigenvalue weighted by Crippen LogP contribution is 2.29. The van der Waals surface area contributed by atoms with Crippen LogP contribution in [-0.4, -0.2) is 54.9 Å². The predicted molar refractivity (Wildman–Crippen MR) is 147 cm³/mol. The number of aromatic carboxylic acids is 1. The number of hydrogen-bond acceptors (Lipinski definition) is 8. The van der Waals surface area contributed by atoms with Gasteiger partial charge in [0.2, 0.25) is 0 Å². The molecular weight excluding hydrogens is 557 g/mol. The van der Waals surface area contributed by atoms with Gasteiger partial charge in [-0.1, -0.05) is 28.4 Å². The number of carboxylic acid groups (broad SMARTS) is 1. The lowest BCUT2D eigenvalue weighted by Crippen LogP contribution is -2.53. The van der Waals surface area contributed by atoms with Gasteiger partial charge in [0.05, 0.1) is 46.6 Å². The molecule has 2 aromatic carbocycles. The molecule has 0 bridgehead atoms. The normalized spacial score (nSPS) is 13.8. The van der Waals surface area contributed by atoms with Crippen LogP contribution in [0.25, 0.3) is 11.0 Å². The van der Waals surface area contributed by atoms with E-state index in [2.05, 4.69) is 15.0 Å². The second-order valence-electron chi connectivity index (χ2n) is 9.38. The maximum Gasteiger partial charge on any atom is 0.335 e. The van der Waals surface area contributed by atoms with Gasteiger partial charge in [0.1, 0.15) is 30.0 Å². The van der Waals surface area contributed by atoms with Gasteiger partial charge >= 0.3 is 5.97 Å². The summed E-state index contributed by atoms with van der Waals surface area (Å²) in [4.78, 5) is 22.9. The molecule has 1 aliphatic heterocycles. The SMILES string of the molecule is O=C(O)c1ccc2nc(CN3CC(Oc4ccnc(COc5ccc(Cl)cc5Cl)c4)C3)n(Cc3ccno3)c2c1. The van der Waals surface area contributed by atoms with Gasteiger partial charge < -0.3 is 23.7 Å². The first kappa shape index (κ1) is 26.1. The van der Waals surface area contributed by atoms with Crippen LogP contribution in [0.4, 0.5) is 0 Å². The van der Waals surface area contributed by atoms with Crippen molar-refractivity contribution in [1.82, 2.24) is 24.6 Å². The number of rotatable bonds is 10. The fourth-order valence-electron chi connectivity index (χ4n) is 4.55. The Kier molecular flexibility index (Phi) is 7.29. The van der Waals surface area contributed by atoms with Crippen molar-refractivity contribution in [2.75, 3.05) is 13.1 Å². The molecule has 1 N–H and O–H groups in total. The van der Waals surface area contributed by atoms with Gasteiger partial charge in [-0.05, 0) is 42.5 Å². The van der Waals surface area contributed by atoms with Crippen LogP contribution in [-0.2, 0) is 19.7 Å². The molecule has 0 atom stereocenters.